The molecular weight excluding hydrogens is 330 g/mol. The van der Waals surface area contributed by atoms with Crippen molar-refractivity contribution in [3.63, 3.8) is 0 Å². The van der Waals surface area contributed by atoms with Crippen LogP contribution in [0.1, 0.15) is 35.3 Å². The molecule has 5 heteroatoms. The first-order valence-electron chi connectivity index (χ1n) is 8.36. The molecule has 1 heterocycles. The third kappa shape index (κ3) is 3.82. The number of thioether (sulfide) groups is 1. The van der Waals surface area contributed by atoms with Crippen molar-refractivity contribution in [2.75, 3.05) is 0 Å². The molecule has 3 rings (SSSR count). The average molecular weight is 351 g/mol. The maximum atomic E-state index is 12.7. The summed E-state index contributed by atoms with van der Waals surface area (Å²) >= 11 is 1.43. The highest BCUT2D eigenvalue weighted by atomic mass is 32.2. The minimum Gasteiger partial charge on any atom is -0.293 e. The number of ketones is 1. The molecule has 25 heavy (non-hydrogen) atoms. The van der Waals surface area contributed by atoms with Gasteiger partial charge in [0.15, 0.2) is 10.9 Å². The molecule has 0 aliphatic rings. The van der Waals surface area contributed by atoms with Crippen LogP contribution in [0.25, 0.3) is 5.69 Å². The van der Waals surface area contributed by atoms with Gasteiger partial charge in [0.25, 0.3) is 0 Å². The number of carbonyl (C=O) groups excluding carboxylic acids is 1. The van der Waals surface area contributed by atoms with Crippen LogP contribution >= 0.6 is 11.8 Å². The number of aromatic nitrogens is 3. The third-order valence-electron chi connectivity index (χ3n) is 4.19. The molecule has 1 aromatic heterocycles. The van der Waals surface area contributed by atoms with Gasteiger partial charge >= 0.3 is 0 Å². The van der Waals surface area contributed by atoms with Gasteiger partial charge in [0.1, 0.15) is 6.33 Å². The Bertz CT molecular complexity index is 871. The van der Waals surface area contributed by atoms with Crippen molar-refractivity contribution >= 4 is 17.5 Å². The van der Waals surface area contributed by atoms with E-state index in [2.05, 4.69) is 17.1 Å². The van der Waals surface area contributed by atoms with E-state index in [4.69, 9.17) is 0 Å². The number of carbonyl (C=O) groups is 1. The summed E-state index contributed by atoms with van der Waals surface area (Å²) in [5, 5.41) is 8.71. The van der Waals surface area contributed by atoms with Crippen LogP contribution in [-0.4, -0.2) is 25.8 Å². The standard InChI is InChI=1S/C20H21N3OS/c1-4-16-9-11-17(12-10-16)19(24)15(3)25-20-22-21-13-23(20)18-8-6-5-7-14(18)2/h5-13,15H,4H2,1-3H3. The van der Waals surface area contributed by atoms with E-state index in [0.717, 1.165) is 28.4 Å². The van der Waals surface area contributed by atoms with Gasteiger partial charge in [0, 0.05) is 5.56 Å². The molecule has 0 N–H and O–H groups in total. The van der Waals surface area contributed by atoms with E-state index in [9.17, 15) is 4.79 Å². The molecule has 0 radical (unpaired) electrons. The predicted molar refractivity (Wildman–Crippen MR) is 102 cm³/mol. The molecule has 128 valence electrons. The van der Waals surface area contributed by atoms with Crippen LogP contribution in [0.4, 0.5) is 0 Å². The zero-order valence-electron chi connectivity index (χ0n) is 14.6. The lowest BCUT2D eigenvalue weighted by atomic mass is 10.1. The van der Waals surface area contributed by atoms with Crippen molar-refractivity contribution < 1.29 is 4.79 Å². The van der Waals surface area contributed by atoms with Gasteiger partial charge in [-0.25, -0.2) is 0 Å². The minimum absolute atomic E-state index is 0.104. The number of benzene rings is 2. The number of aryl methyl sites for hydroxylation is 2. The summed E-state index contributed by atoms with van der Waals surface area (Å²) in [4.78, 5) is 12.7. The van der Waals surface area contributed by atoms with Gasteiger partial charge in [-0.15, -0.1) is 10.2 Å². The molecule has 3 aromatic rings. The van der Waals surface area contributed by atoms with Gasteiger partial charge in [0.05, 0.1) is 10.9 Å². The Balaban J connectivity index is 1.79. The fraction of sp³-hybridized carbons (Fsp3) is 0.250. The molecule has 0 amide bonds. The molecule has 0 saturated carbocycles. The molecule has 0 fully saturated rings. The normalized spacial score (nSPS) is 12.1. The van der Waals surface area contributed by atoms with E-state index < -0.39 is 0 Å². The molecular formula is C20H21N3OS. The Hall–Kier alpha value is -2.40. The first kappa shape index (κ1) is 17.4. The maximum Gasteiger partial charge on any atom is 0.196 e. The first-order chi connectivity index (χ1) is 12.1. The Kier molecular flexibility index (Phi) is 5.34. The summed E-state index contributed by atoms with van der Waals surface area (Å²) in [7, 11) is 0. The largest absolute Gasteiger partial charge is 0.293 e. The van der Waals surface area contributed by atoms with Gasteiger partial charge < -0.3 is 0 Å². The topological polar surface area (TPSA) is 47.8 Å². The third-order valence-corrected chi connectivity index (χ3v) is 5.25. The Morgan fingerprint density at radius 1 is 1.16 bits per heavy atom. The van der Waals surface area contributed by atoms with Crippen LogP contribution in [0.15, 0.2) is 60.0 Å². The molecule has 0 saturated heterocycles. The number of Topliss-reactive ketones (excluding diaryl/α,β-unsaturated/α-hetero) is 1. The summed E-state index contributed by atoms with van der Waals surface area (Å²) in [5.41, 5.74) is 4.13. The molecule has 2 aromatic carbocycles. The van der Waals surface area contributed by atoms with E-state index >= 15 is 0 Å². The fourth-order valence-electron chi connectivity index (χ4n) is 2.65. The summed E-state index contributed by atoms with van der Waals surface area (Å²) < 4.78 is 1.93. The predicted octanol–water partition coefficient (Wildman–Crippen LogP) is 4.50. The summed E-state index contributed by atoms with van der Waals surface area (Å²) in [5.74, 6) is 0.104. The lowest BCUT2D eigenvalue weighted by molar-refractivity contribution is 0.0994. The van der Waals surface area contributed by atoms with Gasteiger partial charge in [0.2, 0.25) is 0 Å². The lowest BCUT2D eigenvalue weighted by Crippen LogP contribution is -2.14. The van der Waals surface area contributed by atoms with E-state index in [-0.39, 0.29) is 11.0 Å². The van der Waals surface area contributed by atoms with Crippen molar-refractivity contribution in [3.05, 3.63) is 71.5 Å². The van der Waals surface area contributed by atoms with Crippen LogP contribution in [0, 0.1) is 6.92 Å². The minimum atomic E-state index is -0.237. The summed E-state index contributed by atoms with van der Waals surface area (Å²) in [6, 6.07) is 15.9. The van der Waals surface area contributed by atoms with Crippen molar-refractivity contribution in [1.29, 1.82) is 0 Å². The summed E-state index contributed by atoms with van der Waals surface area (Å²) in [6.45, 7) is 6.07. The average Bonchev–Trinajstić information content (AvgIpc) is 3.09. The second kappa shape index (κ2) is 7.66. The van der Waals surface area contributed by atoms with E-state index in [1.807, 2.05) is 66.9 Å². The second-order valence-electron chi connectivity index (χ2n) is 5.94. The molecule has 1 unspecified atom stereocenters. The monoisotopic (exact) mass is 351 g/mol. The molecule has 4 nitrogen and oxygen atoms in total. The van der Waals surface area contributed by atoms with Gasteiger partial charge in [-0.1, -0.05) is 61.2 Å². The quantitative estimate of drug-likeness (QED) is 0.484. The van der Waals surface area contributed by atoms with E-state index in [1.165, 1.54) is 17.3 Å². The van der Waals surface area contributed by atoms with Crippen molar-refractivity contribution in [2.24, 2.45) is 0 Å². The number of hydrogen-bond donors (Lipinski definition) is 0. The Morgan fingerprint density at radius 2 is 1.88 bits per heavy atom. The van der Waals surface area contributed by atoms with E-state index in [1.54, 1.807) is 6.33 Å². The van der Waals surface area contributed by atoms with Crippen molar-refractivity contribution in [3.8, 4) is 5.69 Å². The Morgan fingerprint density at radius 3 is 2.56 bits per heavy atom. The van der Waals surface area contributed by atoms with Gasteiger partial charge in [-0.2, -0.15) is 0 Å². The highest BCUT2D eigenvalue weighted by molar-refractivity contribution is 8.00. The maximum absolute atomic E-state index is 12.7. The van der Waals surface area contributed by atoms with Crippen LogP contribution in [-0.2, 0) is 6.42 Å². The number of para-hydroxylation sites is 1. The van der Waals surface area contributed by atoms with Crippen molar-refractivity contribution in [2.45, 2.75) is 37.6 Å². The summed E-state index contributed by atoms with van der Waals surface area (Å²) in [6.07, 6.45) is 2.66. The molecule has 0 bridgehead atoms. The van der Waals surface area contributed by atoms with Gasteiger partial charge in [-0.3, -0.25) is 9.36 Å². The SMILES string of the molecule is CCc1ccc(C(=O)C(C)Sc2nncn2-c2ccccc2C)cc1. The first-order valence-corrected chi connectivity index (χ1v) is 9.24. The van der Waals surface area contributed by atoms with Crippen LogP contribution in [0.2, 0.25) is 0 Å². The van der Waals surface area contributed by atoms with Crippen LogP contribution < -0.4 is 0 Å². The molecule has 1 atom stereocenters. The number of hydrogen-bond acceptors (Lipinski definition) is 4. The fourth-order valence-corrected chi connectivity index (χ4v) is 3.57. The second-order valence-corrected chi connectivity index (χ2v) is 7.25. The van der Waals surface area contributed by atoms with Crippen LogP contribution in [0.3, 0.4) is 0 Å². The van der Waals surface area contributed by atoms with Crippen LogP contribution in [0.5, 0.6) is 0 Å². The lowest BCUT2D eigenvalue weighted by Gasteiger charge is -2.12. The molecule has 0 aliphatic heterocycles. The highest BCUT2D eigenvalue weighted by Gasteiger charge is 2.20. The smallest absolute Gasteiger partial charge is 0.196 e. The number of rotatable bonds is 6. The van der Waals surface area contributed by atoms with E-state index in [0.29, 0.717) is 0 Å². The van der Waals surface area contributed by atoms with Crippen molar-refractivity contribution in [1.82, 2.24) is 14.8 Å². The molecule has 0 spiro atoms. The molecule has 0 aliphatic carbocycles. The Labute approximate surface area is 152 Å². The zero-order chi connectivity index (χ0) is 17.8. The van der Waals surface area contributed by atoms with Gasteiger partial charge in [-0.05, 0) is 37.5 Å². The number of nitrogens with zero attached hydrogens (tertiary/aromatic N) is 3. The zero-order valence-corrected chi connectivity index (χ0v) is 15.5. The highest BCUT2D eigenvalue weighted by Crippen LogP contribution is 2.27.